The predicted octanol–water partition coefficient (Wildman–Crippen LogP) is 4.57. The lowest BCUT2D eigenvalue weighted by Gasteiger charge is -2.11. The van der Waals surface area contributed by atoms with Crippen LogP contribution in [0.4, 0.5) is 0 Å². The van der Waals surface area contributed by atoms with Crippen molar-refractivity contribution >= 4 is 34.8 Å². The van der Waals surface area contributed by atoms with Crippen LogP contribution in [0.3, 0.4) is 0 Å². The lowest BCUT2D eigenvalue weighted by molar-refractivity contribution is 0.0976. The number of carbonyl (C=O) groups excluding carboxylic acids is 1. The average molecular weight is 391 g/mol. The van der Waals surface area contributed by atoms with Gasteiger partial charge in [-0.25, -0.2) is 0 Å². The third kappa shape index (κ3) is 6.65. The summed E-state index contributed by atoms with van der Waals surface area (Å²) in [5.74, 6) is 1.08. The predicted molar refractivity (Wildman–Crippen MR) is 110 cm³/mol. The molecule has 2 aromatic rings. The Balaban J connectivity index is 1.81. The zero-order chi connectivity index (χ0) is 18.9. The number of thiocarbonyl (C=S) groups is 1. The van der Waals surface area contributed by atoms with Crippen LogP contribution in [0, 0.1) is 5.92 Å². The highest BCUT2D eigenvalue weighted by Crippen LogP contribution is 2.15. The first-order valence-electron chi connectivity index (χ1n) is 8.51. The standard InChI is InChI=1S/C20H23ClN2O2S/c1-14(2)11-12-25-17-9-7-15(8-10-17)19(24)23-20(26)22-13-16-5-3-4-6-18(16)21/h3-10,14H,11-13H2,1-2H3,(H2,22,23,24,26). The second-order valence-electron chi connectivity index (χ2n) is 6.28. The molecule has 0 heterocycles. The van der Waals surface area contributed by atoms with Gasteiger partial charge in [0.25, 0.3) is 5.91 Å². The van der Waals surface area contributed by atoms with E-state index in [1.54, 1.807) is 24.3 Å². The van der Waals surface area contributed by atoms with Crippen molar-refractivity contribution in [3.05, 3.63) is 64.7 Å². The molecule has 0 bridgehead atoms. The highest BCUT2D eigenvalue weighted by molar-refractivity contribution is 7.80. The molecule has 0 atom stereocenters. The van der Waals surface area contributed by atoms with E-state index >= 15 is 0 Å². The fourth-order valence-corrected chi connectivity index (χ4v) is 2.52. The van der Waals surface area contributed by atoms with Gasteiger partial charge in [0.2, 0.25) is 0 Å². The van der Waals surface area contributed by atoms with E-state index in [0.29, 0.717) is 29.7 Å². The van der Waals surface area contributed by atoms with Crippen molar-refractivity contribution in [2.45, 2.75) is 26.8 Å². The van der Waals surface area contributed by atoms with Crippen LogP contribution in [0.5, 0.6) is 5.75 Å². The molecule has 6 heteroatoms. The summed E-state index contributed by atoms with van der Waals surface area (Å²) in [6, 6.07) is 14.5. The number of benzene rings is 2. The Morgan fingerprint density at radius 3 is 2.50 bits per heavy atom. The van der Waals surface area contributed by atoms with Crippen molar-refractivity contribution in [3.8, 4) is 5.75 Å². The number of carbonyl (C=O) groups is 1. The van der Waals surface area contributed by atoms with Crippen molar-refractivity contribution in [3.63, 3.8) is 0 Å². The van der Waals surface area contributed by atoms with E-state index < -0.39 is 0 Å². The lowest BCUT2D eigenvalue weighted by Crippen LogP contribution is -2.38. The Morgan fingerprint density at radius 1 is 1.15 bits per heavy atom. The third-order valence-electron chi connectivity index (χ3n) is 3.70. The van der Waals surface area contributed by atoms with Crippen LogP contribution in [0.25, 0.3) is 0 Å². The van der Waals surface area contributed by atoms with Crippen molar-refractivity contribution in [1.29, 1.82) is 0 Å². The van der Waals surface area contributed by atoms with Gasteiger partial charge >= 0.3 is 0 Å². The maximum Gasteiger partial charge on any atom is 0.257 e. The van der Waals surface area contributed by atoms with Crippen LogP contribution in [-0.4, -0.2) is 17.6 Å². The summed E-state index contributed by atoms with van der Waals surface area (Å²) < 4.78 is 5.65. The molecular formula is C20H23ClN2O2S. The second-order valence-corrected chi connectivity index (χ2v) is 7.10. The Kier molecular flexibility index (Phi) is 7.88. The summed E-state index contributed by atoms with van der Waals surface area (Å²) in [6.45, 7) is 5.42. The van der Waals surface area contributed by atoms with E-state index in [1.807, 2.05) is 24.3 Å². The molecule has 1 amide bonds. The molecule has 0 spiro atoms. The molecule has 0 saturated heterocycles. The van der Waals surface area contributed by atoms with Crippen molar-refractivity contribution in [2.24, 2.45) is 5.92 Å². The molecule has 0 aliphatic heterocycles. The summed E-state index contributed by atoms with van der Waals surface area (Å²) in [7, 11) is 0. The highest BCUT2D eigenvalue weighted by Gasteiger charge is 2.08. The second kappa shape index (κ2) is 10.1. The van der Waals surface area contributed by atoms with Gasteiger partial charge in [-0.2, -0.15) is 0 Å². The van der Waals surface area contributed by atoms with Crippen LogP contribution in [0.1, 0.15) is 36.2 Å². The maximum absolute atomic E-state index is 12.2. The first kappa shape index (κ1) is 20.2. The van der Waals surface area contributed by atoms with E-state index in [1.165, 1.54) is 0 Å². The number of hydrogen-bond donors (Lipinski definition) is 2. The fourth-order valence-electron chi connectivity index (χ4n) is 2.15. The fraction of sp³-hybridized carbons (Fsp3) is 0.300. The molecule has 0 aliphatic carbocycles. The third-order valence-corrected chi connectivity index (χ3v) is 4.32. The molecule has 2 aromatic carbocycles. The van der Waals surface area contributed by atoms with Gasteiger partial charge in [0, 0.05) is 17.1 Å². The quantitative estimate of drug-likeness (QED) is 0.680. The first-order chi connectivity index (χ1) is 12.5. The van der Waals surface area contributed by atoms with Gasteiger partial charge < -0.3 is 10.1 Å². The molecule has 26 heavy (non-hydrogen) atoms. The molecular weight excluding hydrogens is 368 g/mol. The number of hydrogen-bond acceptors (Lipinski definition) is 3. The van der Waals surface area contributed by atoms with Crippen molar-refractivity contribution in [1.82, 2.24) is 10.6 Å². The minimum Gasteiger partial charge on any atom is -0.494 e. The van der Waals surface area contributed by atoms with E-state index in [0.717, 1.165) is 17.7 Å². The molecule has 0 radical (unpaired) electrons. The summed E-state index contributed by atoms with van der Waals surface area (Å²) in [4.78, 5) is 12.2. The zero-order valence-electron chi connectivity index (χ0n) is 14.9. The van der Waals surface area contributed by atoms with Gasteiger partial charge in [0.05, 0.1) is 6.61 Å². The van der Waals surface area contributed by atoms with Crippen LogP contribution in [0.2, 0.25) is 5.02 Å². The minimum absolute atomic E-state index is 0.257. The largest absolute Gasteiger partial charge is 0.494 e. The summed E-state index contributed by atoms with van der Waals surface area (Å²) in [6.07, 6.45) is 0.994. The Bertz CT molecular complexity index is 748. The minimum atomic E-state index is -0.268. The summed E-state index contributed by atoms with van der Waals surface area (Å²) in [5.41, 5.74) is 1.43. The molecule has 0 aliphatic rings. The average Bonchev–Trinajstić information content (AvgIpc) is 2.61. The molecule has 138 valence electrons. The van der Waals surface area contributed by atoms with Gasteiger partial charge in [0.1, 0.15) is 5.75 Å². The van der Waals surface area contributed by atoms with E-state index in [9.17, 15) is 4.79 Å². The van der Waals surface area contributed by atoms with E-state index in [4.69, 9.17) is 28.6 Å². The lowest BCUT2D eigenvalue weighted by atomic mass is 10.1. The van der Waals surface area contributed by atoms with Crippen molar-refractivity contribution in [2.75, 3.05) is 6.61 Å². The first-order valence-corrected chi connectivity index (χ1v) is 9.30. The molecule has 0 unspecified atom stereocenters. The van der Waals surface area contributed by atoms with Crippen molar-refractivity contribution < 1.29 is 9.53 Å². The van der Waals surface area contributed by atoms with Crippen LogP contribution in [0.15, 0.2) is 48.5 Å². The summed E-state index contributed by atoms with van der Waals surface area (Å²) in [5, 5.41) is 6.55. The molecule has 0 fully saturated rings. The van der Waals surface area contributed by atoms with Crippen LogP contribution < -0.4 is 15.4 Å². The maximum atomic E-state index is 12.2. The molecule has 4 nitrogen and oxygen atoms in total. The van der Waals surface area contributed by atoms with E-state index in [-0.39, 0.29) is 11.0 Å². The van der Waals surface area contributed by atoms with E-state index in [2.05, 4.69) is 24.5 Å². The van der Waals surface area contributed by atoms with Crippen LogP contribution in [-0.2, 0) is 6.54 Å². The number of rotatable bonds is 7. The number of halogens is 1. The van der Waals surface area contributed by atoms with Gasteiger partial charge in [-0.15, -0.1) is 0 Å². The van der Waals surface area contributed by atoms with Gasteiger partial charge in [-0.05, 0) is 60.5 Å². The Hall–Kier alpha value is -2.11. The van der Waals surface area contributed by atoms with Crippen LogP contribution >= 0.6 is 23.8 Å². The Morgan fingerprint density at radius 2 is 1.85 bits per heavy atom. The highest BCUT2D eigenvalue weighted by atomic mass is 35.5. The Labute approximate surface area is 164 Å². The smallest absolute Gasteiger partial charge is 0.257 e. The molecule has 0 aromatic heterocycles. The molecule has 2 rings (SSSR count). The van der Waals surface area contributed by atoms with Gasteiger partial charge in [-0.3, -0.25) is 10.1 Å². The van der Waals surface area contributed by atoms with Gasteiger partial charge in [0.15, 0.2) is 5.11 Å². The molecule has 0 saturated carbocycles. The zero-order valence-corrected chi connectivity index (χ0v) is 16.5. The molecule has 2 N–H and O–H groups in total. The topological polar surface area (TPSA) is 50.4 Å². The normalized spacial score (nSPS) is 10.5. The van der Waals surface area contributed by atoms with Gasteiger partial charge in [-0.1, -0.05) is 43.6 Å². The SMILES string of the molecule is CC(C)CCOc1ccc(C(=O)NC(=S)NCc2ccccc2Cl)cc1. The number of ether oxygens (including phenoxy) is 1. The number of amides is 1. The monoisotopic (exact) mass is 390 g/mol. The summed E-state index contributed by atoms with van der Waals surface area (Å²) >= 11 is 11.3. The number of nitrogens with one attached hydrogen (secondary N) is 2.